The van der Waals surface area contributed by atoms with Crippen LogP contribution in [-0.4, -0.2) is 55.9 Å². The van der Waals surface area contributed by atoms with Gasteiger partial charge in [-0.05, 0) is 19.9 Å². The molecule has 0 aliphatic carbocycles. The molecule has 0 spiro atoms. The Bertz CT molecular complexity index is 980. The first-order valence-electron chi connectivity index (χ1n) is 8.87. The highest BCUT2D eigenvalue weighted by Gasteiger charge is 2.17. The molecule has 1 aromatic heterocycles. The molecule has 13 heteroatoms. The van der Waals surface area contributed by atoms with Crippen LogP contribution >= 0.6 is 35.3 Å². The van der Waals surface area contributed by atoms with Crippen molar-refractivity contribution in [1.29, 1.82) is 0 Å². The van der Waals surface area contributed by atoms with Crippen LogP contribution in [0.25, 0.3) is 0 Å². The normalized spacial score (nSPS) is 11.6. The van der Waals surface area contributed by atoms with Crippen LogP contribution in [0.2, 0.25) is 0 Å². The topological polar surface area (TPSA) is 130 Å². The summed E-state index contributed by atoms with van der Waals surface area (Å²) in [5.41, 5.74) is 0.659. The molecular formula is C17H25IN6O4S2. The Morgan fingerprint density at radius 2 is 2.13 bits per heavy atom. The summed E-state index contributed by atoms with van der Waals surface area (Å²) in [7, 11) is -1.98. The van der Waals surface area contributed by atoms with Gasteiger partial charge in [0.2, 0.25) is 10.0 Å². The van der Waals surface area contributed by atoms with E-state index in [9.17, 15) is 18.5 Å². The van der Waals surface area contributed by atoms with Crippen LogP contribution in [0, 0.1) is 17.0 Å². The lowest BCUT2D eigenvalue weighted by atomic mass is 10.3. The third-order valence-electron chi connectivity index (χ3n) is 3.77. The molecule has 0 saturated carbocycles. The Balaban J connectivity index is 0.00000450. The number of hydrogen-bond acceptors (Lipinski definition) is 7. The molecule has 166 valence electrons. The summed E-state index contributed by atoms with van der Waals surface area (Å²) in [6.45, 7) is 5.40. The summed E-state index contributed by atoms with van der Waals surface area (Å²) in [5, 5.41) is 17.0. The molecule has 0 aliphatic rings. The first-order valence-corrected chi connectivity index (χ1v) is 11.2. The number of guanidine groups is 1. The maximum Gasteiger partial charge on any atom is 0.270 e. The largest absolute Gasteiger partial charge is 0.357 e. The van der Waals surface area contributed by atoms with Crippen LogP contribution < -0.4 is 10.0 Å². The maximum atomic E-state index is 12.3. The van der Waals surface area contributed by atoms with E-state index in [1.54, 1.807) is 11.3 Å². The van der Waals surface area contributed by atoms with E-state index in [2.05, 4.69) is 20.0 Å². The molecule has 0 amide bonds. The number of nitrogens with one attached hydrogen (secondary N) is 2. The molecule has 30 heavy (non-hydrogen) atoms. The van der Waals surface area contributed by atoms with Crippen molar-refractivity contribution in [2.75, 3.05) is 26.7 Å². The fraction of sp³-hybridized carbons (Fsp3) is 0.412. The average molecular weight is 568 g/mol. The van der Waals surface area contributed by atoms with Gasteiger partial charge < -0.3 is 10.2 Å². The number of sulfonamides is 1. The SMILES string of the molecule is CCNC(=NCCNS(=O)(=O)c1cccc([N+](=O)[O-])c1)N(C)Cc1csc(C)n1.I. The van der Waals surface area contributed by atoms with Gasteiger partial charge in [-0.25, -0.2) is 18.1 Å². The number of nitro groups is 1. The third kappa shape index (κ3) is 7.77. The van der Waals surface area contributed by atoms with E-state index in [4.69, 9.17) is 0 Å². The molecule has 1 heterocycles. The van der Waals surface area contributed by atoms with Gasteiger partial charge in [-0.2, -0.15) is 0 Å². The van der Waals surface area contributed by atoms with Crippen LogP contribution in [0.3, 0.4) is 0 Å². The highest BCUT2D eigenvalue weighted by molar-refractivity contribution is 14.0. The number of aliphatic imine (C=N–C) groups is 1. The van der Waals surface area contributed by atoms with Gasteiger partial charge in [-0.15, -0.1) is 35.3 Å². The number of halogens is 1. The lowest BCUT2D eigenvalue weighted by Gasteiger charge is -2.21. The number of aryl methyl sites for hydroxylation is 1. The van der Waals surface area contributed by atoms with Gasteiger partial charge in [-0.1, -0.05) is 6.07 Å². The minimum Gasteiger partial charge on any atom is -0.357 e. The van der Waals surface area contributed by atoms with E-state index >= 15 is 0 Å². The molecule has 2 aromatic rings. The summed E-state index contributed by atoms with van der Waals surface area (Å²) in [5.74, 6) is 0.632. The minimum absolute atomic E-state index is 0. The third-order valence-corrected chi connectivity index (χ3v) is 6.05. The Morgan fingerprint density at radius 3 is 2.73 bits per heavy atom. The molecule has 0 saturated heterocycles. The van der Waals surface area contributed by atoms with E-state index in [1.807, 2.05) is 31.2 Å². The number of rotatable bonds is 9. The number of nitro benzene ring substituents is 1. The van der Waals surface area contributed by atoms with Crippen molar-refractivity contribution in [2.24, 2.45) is 4.99 Å². The molecule has 0 atom stereocenters. The van der Waals surface area contributed by atoms with Crippen molar-refractivity contribution < 1.29 is 13.3 Å². The summed E-state index contributed by atoms with van der Waals surface area (Å²) < 4.78 is 27.1. The van der Waals surface area contributed by atoms with Crippen LogP contribution in [0.15, 0.2) is 39.5 Å². The molecule has 10 nitrogen and oxygen atoms in total. The van der Waals surface area contributed by atoms with Crippen LogP contribution in [0.4, 0.5) is 5.69 Å². The summed E-state index contributed by atoms with van der Waals surface area (Å²) in [6.07, 6.45) is 0. The molecule has 2 N–H and O–H groups in total. The maximum absolute atomic E-state index is 12.3. The van der Waals surface area contributed by atoms with E-state index < -0.39 is 14.9 Å². The van der Waals surface area contributed by atoms with Crippen LogP contribution in [0.5, 0.6) is 0 Å². The van der Waals surface area contributed by atoms with Gasteiger partial charge in [0.25, 0.3) is 5.69 Å². The standard InChI is InChI=1S/C17H24N6O4S2.HI/c1-4-18-17(22(3)11-14-12-28-13(2)21-14)19-8-9-20-29(26,27)16-7-5-6-15(10-16)23(24)25;/h5-7,10,12,20H,4,8-9,11H2,1-3H3,(H,18,19);1H. The van der Waals surface area contributed by atoms with E-state index in [1.165, 1.54) is 18.2 Å². The molecule has 0 bridgehead atoms. The van der Waals surface area contributed by atoms with Crippen molar-refractivity contribution >= 4 is 57.0 Å². The zero-order chi connectivity index (χ0) is 21.4. The number of thiazole rings is 1. The zero-order valence-electron chi connectivity index (χ0n) is 16.9. The zero-order valence-corrected chi connectivity index (χ0v) is 20.8. The van der Waals surface area contributed by atoms with E-state index in [0.29, 0.717) is 19.0 Å². The Kier molecular flexibility index (Phi) is 10.6. The highest BCUT2D eigenvalue weighted by Crippen LogP contribution is 2.17. The van der Waals surface area contributed by atoms with E-state index in [0.717, 1.165) is 16.8 Å². The first-order chi connectivity index (χ1) is 13.7. The molecule has 0 aliphatic heterocycles. The second-order valence-electron chi connectivity index (χ2n) is 6.10. The Labute approximate surface area is 197 Å². The number of hydrogen-bond donors (Lipinski definition) is 2. The van der Waals surface area contributed by atoms with Crippen molar-refractivity contribution in [3.8, 4) is 0 Å². The molecule has 2 rings (SSSR count). The van der Waals surface area contributed by atoms with Crippen molar-refractivity contribution in [3.05, 3.63) is 50.5 Å². The van der Waals surface area contributed by atoms with Gasteiger partial charge >= 0.3 is 0 Å². The van der Waals surface area contributed by atoms with Gasteiger partial charge in [0.05, 0.1) is 33.6 Å². The summed E-state index contributed by atoms with van der Waals surface area (Å²) in [6, 6.07) is 4.92. The van der Waals surface area contributed by atoms with Gasteiger partial charge in [0, 0.05) is 37.6 Å². The van der Waals surface area contributed by atoms with Crippen molar-refractivity contribution in [3.63, 3.8) is 0 Å². The minimum atomic E-state index is -3.86. The quantitative estimate of drug-likeness (QED) is 0.119. The lowest BCUT2D eigenvalue weighted by Crippen LogP contribution is -2.39. The van der Waals surface area contributed by atoms with Crippen LogP contribution in [-0.2, 0) is 16.6 Å². The molecule has 1 aromatic carbocycles. The van der Waals surface area contributed by atoms with Crippen LogP contribution in [0.1, 0.15) is 17.6 Å². The monoisotopic (exact) mass is 568 g/mol. The predicted molar refractivity (Wildman–Crippen MR) is 128 cm³/mol. The number of benzene rings is 1. The lowest BCUT2D eigenvalue weighted by molar-refractivity contribution is -0.385. The second-order valence-corrected chi connectivity index (χ2v) is 8.93. The predicted octanol–water partition coefficient (Wildman–Crippen LogP) is 2.35. The molecule has 0 unspecified atom stereocenters. The molecule has 0 fully saturated rings. The molecular weight excluding hydrogens is 543 g/mol. The summed E-state index contributed by atoms with van der Waals surface area (Å²) in [4.78, 5) is 20.8. The molecule has 0 radical (unpaired) electrons. The van der Waals surface area contributed by atoms with Crippen molar-refractivity contribution in [2.45, 2.75) is 25.3 Å². The highest BCUT2D eigenvalue weighted by atomic mass is 127. The van der Waals surface area contributed by atoms with Gasteiger partial charge in [0.1, 0.15) is 0 Å². The Morgan fingerprint density at radius 1 is 1.40 bits per heavy atom. The second kappa shape index (κ2) is 12.1. The average Bonchev–Trinajstić information content (AvgIpc) is 3.08. The fourth-order valence-corrected chi connectivity index (χ4v) is 4.12. The van der Waals surface area contributed by atoms with E-state index in [-0.39, 0.29) is 47.6 Å². The number of aromatic nitrogens is 1. The fourth-order valence-electron chi connectivity index (χ4n) is 2.46. The number of non-ortho nitro benzene ring substituents is 1. The van der Waals surface area contributed by atoms with Gasteiger partial charge in [-0.3, -0.25) is 15.1 Å². The van der Waals surface area contributed by atoms with Crippen molar-refractivity contribution in [1.82, 2.24) is 19.9 Å². The summed E-state index contributed by atoms with van der Waals surface area (Å²) >= 11 is 1.58. The van der Waals surface area contributed by atoms with Gasteiger partial charge in [0.15, 0.2) is 5.96 Å². The Hall–Kier alpha value is -1.84. The number of nitrogens with zero attached hydrogens (tertiary/aromatic N) is 4. The first kappa shape index (κ1) is 26.2. The smallest absolute Gasteiger partial charge is 0.270 e.